The van der Waals surface area contributed by atoms with Crippen molar-refractivity contribution in [2.45, 2.75) is 25.4 Å². The fraction of sp³-hybridized carbons (Fsp3) is 0.615. The van der Waals surface area contributed by atoms with Gasteiger partial charge in [0.15, 0.2) is 0 Å². The molecule has 19 heavy (non-hydrogen) atoms. The summed E-state index contributed by atoms with van der Waals surface area (Å²) in [5.74, 6) is -0.959. The predicted octanol–water partition coefficient (Wildman–Crippen LogP) is 0.701. The molecule has 0 amide bonds. The van der Waals surface area contributed by atoms with E-state index >= 15 is 0 Å². The number of rotatable bonds is 5. The third kappa shape index (κ3) is 3.48. The van der Waals surface area contributed by atoms with Gasteiger partial charge in [-0.15, -0.1) is 0 Å². The largest absolute Gasteiger partial charge is 0.478 e. The van der Waals surface area contributed by atoms with Gasteiger partial charge in [0.05, 0.1) is 5.69 Å². The highest BCUT2D eigenvalue weighted by molar-refractivity contribution is 5.88. The smallest absolute Gasteiger partial charge is 0.339 e. The highest BCUT2D eigenvalue weighted by Gasteiger charge is 2.26. The van der Waals surface area contributed by atoms with Crippen LogP contribution in [0.5, 0.6) is 0 Å². The lowest BCUT2D eigenvalue weighted by Crippen LogP contribution is -2.37. The van der Waals surface area contributed by atoms with Crippen LogP contribution in [0.1, 0.15) is 28.9 Å². The van der Waals surface area contributed by atoms with E-state index in [9.17, 15) is 4.79 Å². The van der Waals surface area contributed by atoms with Gasteiger partial charge in [-0.3, -0.25) is 4.90 Å². The van der Waals surface area contributed by atoms with Crippen molar-refractivity contribution < 1.29 is 9.90 Å². The molecule has 6 nitrogen and oxygen atoms in total. The molecule has 1 fully saturated rings. The Bertz CT molecular complexity index is 450. The zero-order valence-corrected chi connectivity index (χ0v) is 11.4. The molecule has 1 unspecified atom stereocenters. The number of likely N-dealkylation sites (tertiary alicyclic amines) is 1. The van der Waals surface area contributed by atoms with Crippen LogP contribution in [0.4, 0.5) is 0 Å². The van der Waals surface area contributed by atoms with Gasteiger partial charge in [0, 0.05) is 25.3 Å². The fourth-order valence-corrected chi connectivity index (χ4v) is 2.58. The molecule has 0 aromatic carbocycles. The highest BCUT2D eigenvalue weighted by Crippen LogP contribution is 2.20. The molecule has 1 aliphatic rings. The number of aromatic nitrogens is 2. The van der Waals surface area contributed by atoms with Crippen molar-refractivity contribution in [3.05, 3.63) is 23.8 Å². The lowest BCUT2D eigenvalue weighted by atomic mass is 10.2. The van der Waals surface area contributed by atoms with Crippen molar-refractivity contribution in [1.82, 2.24) is 19.8 Å². The molecule has 1 N–H and O–H groups in total. The van der Waals surface area contributed by atoms with Crippen molar-refractivity contribution in [3.63, 3.8) is 0 Å². The summed E-state index contributed by atoms with van der Waals surface area (Å²) in [5.41, 5.74) is 0.811. The lowest BCUT2D eigenvalue weighted by molar-refractivity contribution is 0.0692. The minimum absolute atomic E-state index is 0.206. The molecule has 1 saturated heterocycles. The van der Waals surface area contributed by atoms with Gasteiger partial charge in [-0.05, 0) is 33.5 Å². The number of nitrogens with zero attached hydrogens (tertiary/aromatic N) is 4. The first-order chi connectivity index (χ1) is 9.08. The minimum Gasteiger partial charge on any atom is -0.478 e. The van der Waals surface area contributed by atoms with E-state index < -0.39 is 5.97 Å². The first kappa shape index (κ1) is 13.9. The number of likely N-dealkylation sites (N-methyl/N-ethyl adjacent to an activating group) is 1. The molecule has 1 aromatic rings. The summed E-state index contributed by atoms with van der Waals surface area (Å²) in [4.78, 5) is 23.5. The number of hydrogen-bond acceptors (Lipinski definition) is 5. The maximum absolute atomic E-state index is 11.1. The molecule has 0 saturated carbocycles. The minimum atomic E-state index is -0.959. The molecule has 2 rings (SSSR count). The summed E-state index contributed by atoms with van der Waals surface area (Å²) in [7, 11) is 4.12. The topological polar surface area (TPSA) is 69.6 Å². The average molecular weight is 264 g/mol. The van der Waals surface area contributed by atoms with Crippen LogP contribution in [-0.2, 0) is 6.54 Å². The monoisotopic (exact) mass is 264 g/mol. The Morgan fingerprint density at radius 3 is 3.05 bits per heavy atom. The van der Waals surface area contributed by atoms with E-state index in [-0.39, 0.29) is 5.56 Å². The van der Waals surface area contributed by atoms with E-state index in [1.165, 1.54) is 12.5 Å². The van der Waals surface area contributed by atoms with E-state index in [0.29, 0.717) is 18.3 Å². The van der Waals surface area contributed by atoms with Crippen molar-refractivity contribution in [2.24, 2.45) is 0 Å². The van der Waals surface area contributed by atoms with Gasteiger partial charge in [-0.25, -0.2) is 14.8 Å². The average Bonchev–Trinajstić information content (AvgIpc) is 2.76. The number of hydrogen-bond donors (Lipinski definition) is 1. The van der Waals surface area contributed by atoms with Crippen LogP contribution in [0.15, 0.2) is 12.5 Å². The molecular formula is C13H20N4O2. The Morgan fingerprint density at radius 2 is 2.37 bits per heavy atom. The molecule has 0 radical (unpaired) electrons. The van der Waals surface area contributed by atoms with E-state index in [1.54, 1.807) is 0 Å². The van der Waals surface area contributed by atoms with Gasteiger partial charge in [0.2, 0.25) is 0 Å². The summed E-state index contributed by atoms with van der Waals surface area (Å²) < 4.78 is 0. The molecule has 0 spiro atoms. The fourth-order valence-electron chi connectivity index (χ4n) is 2.58. The molecular weight excluding hydrogens is 244 g/mol. The maximum atomic E-state index is 11.1. The first-order valence-corrected chi connectivity index (χ1v) is 6.49. The van der Waals surface area contributed by atoms with Gasteiger partial charge in [0.1, 0.15) is 11.9 Å². The summed E-state index contributed by atoms with van der Waals surface area (Å²) in [6, 6.07) is 0.478. The molecule has 0 aliphatic carbocycles. The van der Waals surface area contributed by atoms with Gasteiger partial charge in [0.25, 0.3) is 0 Å². The number of carboxylic acid groups (broad SMARTS) is 1. The SMILES string of the molecule is CN(C)CC1CCCN1Cc1ncncc1C(=O)O. The Hall–Kier alpha value is -1.53. The van der Waals surface area contributed by atoms with Crippen molar-refractivity contribution in [1.29, 1.82) is 0 Å². The molecule has 6 heteroatoms. The van der Waals surface area contributed by atoms with E-state index in [1.807, 2.05) is 0 Å². The third-order valence-corrected chi connectivity index (χ3v) is 3.45. The van der Waals surface area contributed by atoms with Gasteiger partial charge in [-0.1, -0.05) is 0 Å². The van der Waals surface area contributed by atoms with Gasteiger partial charge >= 0.3 is 5.97 Å². The molecule has 1 aliphatic heterocycles. The Kier molecular flexibility index (Phi) is 4.44. The maximum Gasteiger partial charge on any atom is 0.339 e. The third-order valence-electron chi connectivity index (χ3n) is 3.45. The van der Waals surface area contributed by atoms with Crippen molar-refractivity contribution in [3.8, 4) is 0 Å². The van der Waals surface area contributed by atoms with Crippen molar-refractivity contribution in [2.75, 3.05) is 27.2 Å². The standard InChI is InChI=1S/C13H20N4O2/c1-16(2)7-10-4-3-5-17(10)8-12-11(13(18)19)6-14-9-15-12/h6,9-10H,3-5,7-8H2,1-2H3,(H,18,19). The quantitative estimate of drug-likeness (QED) is 0.844. The Labute approximate surface area is 113 Å². The van der Waals surface area contributed by atoms with E-state index in [4.69, 9.17) is 5.11 Å². The van der Waals surface area contributed by atoms with Crippen LogP contribution in [0.2, 0.25) is 0 Å². The highest BCUT2D eigenvalue weighted by atomic mass is 16.4. The number of carboxylic acids is 1. The van der Waals surface area contributed by atoms with Crippen LogP contribution < -0.4 is 0 Å². The zero-order chi connectivity index (χ0) is 13.8. The number of aromatic carboxylic acids is 1. The van der Waals surface area contributed by atoms with Gasteiger partial charge in [-0.2, -0.15) is 0 Å². The zero-order valence-electron chi connectivity index (χ0n) is 11.4. The molecule has 0 bridgehead atoms. The first-order valence-electron chi connectivity index (χ1n) is 6.49. The normalized spacial score (nSPS) is 20.1. The van der Waals surface area contributed by atoms with Crippen LogP contribution in [0.25, 0.3) is 0 Å². The molecule has 1 aromatic heterocycles. The van der Waals surface area contributed by atoms with Crippen LogP contribution in [-0.4, -0.2) is 64.1 Å². The van der Waals surface area contributed by atoms with E-state index in [2.05, 4.69) is 33.9 Å². The van der Waals surface area contributed by atoms with Crippen molar-refractivity contribution >= 4 is 5.97 Å². The molecule has 2 heterocycles. The number of carbonyl (C=O) groups is 1. The second kappa shape index (κ2) is 6.08. The van der Waals surface area contributed by atoms with Gasteiger partial charge < -0.3 is 10.0 Å². The molecule has 1 atom stereocenters. The Morgan fingerprint density at radius 1 is 1.58 bits per heavy atom. The summed E-state index contributed by atoms with van der Waals surface area (Å²) in [5, 5.41) is 9.14. The predicted molar refractivity (Wildman–Crippen MR) is 71.0 cm³/mol. The lowest BCUT2D eigenvalue weighted by Gasteiger charge is -2.26. The van der Waals surface area contributed by atoms with E-state index in [0.717, 1.165) is 25.9 Å². The Balaban J connectivity index is 2.10. The summed E-state index contributed by atoms with van der Waals surface area (Å²) >= 11 is 0. The second-order valence-corrected chi connectivity index (χ2v) is 5.22. The van der Waals surface area contributed by atoms with Crippen LogP contribution >= 0.6 is 0 Å². The molecule has 104 valence electrons. The summed E-state index contributed by atoms with van der Waals surface area (Å²) in [6.45, 7) is 2.58. The summed E-state index contributed by atoms with van der Waals surface area (Å²) in [6.07, 6.45) is 5.11. The van der Waals surface area contributed by atoms with Crippen LogP contribution in [0.3, 0.4) is 0 Å². The second-order valence-electron chi connectivity index (χ2n) is 5.22. The van der Waals surface area contributed by atoms with Crippen LogP contribution in [0, 0.1) is 0 Å².